The minimum absolute atomic E-state index is 0.187. The van der Waals surface area contributed by atoms with Crippen LogP contribution in [-0.4, -0.2) is 50.1 Å². The maximum atomic E-state index is 6.03. The van der Waals surface area contributed by atoms with Gasteiger partial charge in [-0.3, -0.25) is 4.90 Å². The smallest absolute Gasteiger partial charge is 0.181 e. The highest BCUT2D eigenvalue weighted by Gasteiger charge is 2.41. The highest BCUT2D eigenvalue weighted by molar-refractivity contribution is 5.31. The Morgan fingerprint density at radius 1 is 1.14 bits per heavy atom. The summed E-state index contributed by atoms with van der Waals surface area (Å²) < 4.78 is 17.8. The molecule has 0 bridgehead atoms. The molecule has 3 aliphatic heterocycles. The molecule has 0 aliphatic carbocycles. The fourth-order valence-corrected chi connectivity index (χ4v) is 3.82. The Morgan fingerprint density at radius 3 is 2.90 bits per heavy atom. The lowest BCUT2D eigenvalue weighted by Crippen LogP contribution is -2.50. The Kier molecular flexibility index (Phi) is 3.71. The predicted octanol–water partition coefficient (Wildman–Crippen LogP) is 2.14. The Bertz CT molecular complexity index is 499. The third-order valence-electron chi connectivity index (χ3n) is 4.83. The average molecular weight is 289 g/mol. The van der Waals surface area contributed by atoms with Crippen molar-refractivity contribution in [2.24, 2.45) is 0 Å². The van der Waals surface area contributed by atoms with Gasteiger partial charge in [0.05, 0.1) is 32.5 Å². The van der Waals surface area contributed by atoms with E-state index in [1.165, 1.54) is 11.1 Å². The first-order chi connectivity index (χ1) is 10.3. The van der Waals surface area contributed by atoms with Crippen LogP contribution in [0.4, 0.5) is 0 Å². The molecule has 1 atom stereocenters. The molecule has 3 heterocycles. The van der Waals surface area contributed by atoms with Crippen LogP contribution in [0.2, 0.25) is 0 Å². The molecular formula is C17H23NO3. The molecule has 1 aromatic carbocycles. The monoisotopic (exact) mass is 289 g/mol. The number of ether oxygens (including phenoxy) is 3. The molecule has 1 spiro atoms. The van der Waals surface area contributed by atoms with Gasteiger partial charge in [0.1, 0.15) is 0 Å². The number of rotatable bonds is 2. The van der Waals surface area contributed by atoms with Crippen molar-refractivity contribution in [3.8, 4) is 0 Å². The van der Waals surface area contributed by atoms with E-state index in [9.17, 15) is 0 Å². The molecule has 0 saturated carbocycles. The van der Waals surface area contributed by atoms with Gasteiger partial charge in [0, 0.05) is 13.0 Å². The van der Waals surface area contributed by atoms with Crippen LogP contribution in [0.5, 0.6) is 0 Å². The molecule has 21 heavy (non-hydrogen) atoms. The maximum absolute atomic E-state index is 6.03. The van der Waals surface area contributed by atoms with Gasteiger partial charge >= 0.3 is 0 Å². The van der Waals surface area contributed by atoms with Crippen LogP contribution < -0.4 is 0 Å². The Morgan fingerprint density at radius 2 is 2.00 bits per heavy atom. The molecule has 0 radical (unpaired) electrons. The van der Waals surface area contributed by atoms with Crippen LogP contribution in [0.3, 0.4) is 0 Å². The van der Waals surface area contributed by atoms with Gasteiger partial charge in [-0.15, -0.1) is 0 Å². The zero-order valence-corrected chi connectivity index (χ0v) is 12.4. The maximum Gasteiger partial charge on any atom is 0.181 e. The quantitative estimate of drug-likeness (QED) is 0.834. The Hall–Kier alpha value is -0.940. The van der Waals surface area contributed by atoms with Crippen LogP contribution >= 0.6 is 0 Å². The average Bonchev–Trinajstić information content (AvgIpc) is 2.95. The van der Waals surface area contributed by atoms with Gasteiger partial charge in [-0.25, -0.2) is 0 Å². The first-order valence-electron chi connectivity index (χ1n) is 8.04. The SMILES string of the molecule is c1ccc2c(c1)CCOC2CN1CCCC2(C1)OCCO2. The summed E-state index contributed by atoms with van der Waals surface area (Å²) in [5.41, 5.74) is 2.80. The first kappa shape index (κ1) is 13.7. The van der Waals surface area contributed by atoms with Crippen LogP contribution in [0.15, 0.2) is 24.3 Å². The number of fused-ring (bicyclic) bond motifs is 1. The highest BCUT2D eigenvalue weighted by atomic mass is 16.7. The van der Waals surface area contributed by atoms with E-state index in [0.29, 0.717) is 0 Å². The van der Waals surface area contributed by atoms with E-state index >= 15 is 0 Å². The van der Waals surface area contributed by atoms with Gasteiger partial charge in [0.15, 0.2) is 5.79 Å². The second-order valence-electron chi connectivity index (χ2n) is 6.25. The molecular weight excluding hydrogens is 266 g/mol. The fraction of sp³-hybridized carbons (Fsp3) is 0.647. The number of benzene rings is 1. The molecule has 1 aromatic rings. The minimum atomic E-state index is -0.341. The Balaban J connectivity index is 1.46. The summed E-state index contributed by atoms with van der Waals surface area (Å²) in [4.78, 5) is 2.45. The zero-order chi connectivity index (χ0) is 14.1. The van der Waals surface area contributed by atoms with Crippen molar-refractivity contribution in [3.63, 3.8) is 0 Å². The summed E-state index contributed by atoms with van der Waals surface area (Å²) in [7, 11) is 0. The van der Waals surface area contributed by atoms with Gasteiger partial charge < -0.3 is 14.2 Å². The molecule has 2 fully saturated rings. The van der Waals surface area contributed by atoms with Crippen LogP contribution in [0.25, 0.3) is 0 Å². The molecule has 0 N–H and O–H groups in total. The number of hydrogen-bond acceptors (Lipinski definition) is 4. The minimum Gasteiger partial charge on any atom is -0.372 e. The van der Waals surface area contributed by atoms with E-state index in [2.05, 4.69) is 29.2 Å². The second-order valence-corrected chi connectivity index (χ2v) is 6.25. The largest absolute Gasteiger partial charge is 0.372 e. The van der Waals surface area contributed by atoms with Gasteiger partial charge in [0.25, 0.3) is 0 Å². The molecule has 1 unspecified atom stereocenters. The van der Waals surface area contributed by atoms with Crippen molar-refractivity contribution in [3.05, 3.63) is 35.4 Å². The highest BCUT2D eigenvalue weighted by Crippen LogP contribution is 2.33. The summed E-state index contributed by atoms with van der Waals surface area (Å²) in [5, 5.41) is 0. The number of hydrogen-bond donors (Lipinski definition) is 0. The molecule has 4 heteroatoms. The molecule has 114 valence electrons. The summed E-state index contributed by atoms with van der Waals surface area (Å²) in [6.45, 7) is 5.21. The zero-order valence-electron chi connectivity index (χ0n) is 12.4. The van der Waals surface area contributed by atoms with Gasteiger partial charge in [-0.1, -0.05) is 24.3 Å². The number of nitrogens with zero attached hydrogens (tertiary/aromatic N) is 1. The van der Waals surface area contributed by atoms with Gasteiger partial charge in [-0.05, 0) is 30.5 Å². The number of likely N-dealkylation sites (tertiary alicyclic amines) is 1. The second kappa shape index (κ2) is 5.69. The summed E-state index contributed by atoms with van der Waals surface area (Å²) in [6.07, 6.45) is 3.37. The lowest BCUT2D eigenvalue weighted by Gasteiger charge is -2.40. The molecule has 0 amide bonds. The van der Waals surface area contributed by atoms with Gasteiger partial charge in [-0.2, -0.15) is 0 Å². The van der Waals surface area contributed by atoms with Crippen LogP contribution in [-0.2, 0) is 20.6 Å². The topological polar surface area (TPSA) is 30.9 Å². The van der Waals surface area contributed by atoms with E-state index in [-0.39, 0.29) is 11.9 Å². The van der Waals surface area contributed by atoms with E-state index in [1.807, 2.05) is 0 Å². The lowest BCUT2D eigenvalue weighted by molar-refractivity contribution is -0.192. The van der Waals surface area contributed by atoms with Crippen molar-refractivity contribution < 1.29 is 14.2 Å². The van der Waals surface area contributed by atoms with Crippen LogP contribution in [0.1, 0.15) is 30.1 Å². The van der Waals surface area contributed by atoms with Crippen molar-refractivity contribution >= 4 is 0 Å². The fourth-order valence-electron chi connectivity index (χ4n) is 3.82. The Labute approximate surface area is 126 Å². The predicted molar refractivity (Wildman–Crippen MR) is 79.1 cm³/mol. The van der Waals surface area contributed by atoms with Crippen molar-refractivity contribution in [2.45, 2.75) is 31.2 Å². The first-order valence-corrected chi connectivity index (χ1v) is 8.04. The van der Waals surface area contributed by atoms with E-state index < -0.39 is 0 Å². The summed E-state index contributed by atoms with van der Waals surface area (Å²) >= 11 is 0. The van der Waals surface area contributed by atoms with Gasteiger partial charge in [0.2, 0.25) is 0 Å². The molecule has 0 aromatic heterocycles. The number of piperidine rings is 1. The van der Waals surface area contributed by atoms with Crippen LogP contribution in [0, 0.1) is 0 Å². The third-order valence-corrected chi connectivity index (χ3v) is 4.83. The van der Waals surface area contributed by atoms with Crippen molar-refractivity contribution in [1.29, 1.82) is 0 Å². The third kappa shape index (κ3) is 2.73. The summed E-state index contributed by atoms with van der Waals surface area (Å²) in [5.74, 6) is -0.341. The van der Waals surface area contributed by atoms with Crippen molar-refractivity contribution in [2.75, 3.05) is 39.5 Å². The molecule has 4 nitrogen and oxygen atoms in total. The van der Waals surface area contributed by atoms with E-state index in [4.69, 9.17) is 14.2 Å². The lowest BCUT2D eigenvalue weighted by atomic mass is 9.96. The summed E-state index contributed by atoms with van der Waals surface area (Å²) in [6, 6.07) is 8.67. The van der Waals surface area contributed by atoms with Crippen molar-refractivity contribution in [1.82, 2.24) is 4.90 Å². The van der Waals surface area contributed by atoms with E-state index in [1.54, 1.807) is 0 Å². The normalized spacial score (nSPS) is 28.7. The standard InChI is InChI=1S/C17H23NO3/c1-2-5-15-14(4-1)6-9-19-16(15)12-18-8-3-7-17(13-18)20-10-11-21-17/h1-2,4-5,16H,3,6-13H2. The molecule has 2 saturated heterocycles. The molecule has 3 aliphatic rings. The van der Waals surface area contributed by atoms with E-state index in [0.717, 1.165) is 58.7 Å². The molecule has 4 rings (SSSR count).